The van der Waals surface area contributed by atoms with Gasteiger partial charge in [-0.2, -0.15) is 0 Å². The SMILES string of the molecule is CC(C)(C)c1cc(CN=[N+]=[N-])cc(C(C)(C)C)c1. The van der Waals surface area contributed by atoms with E-state index >= 15 is 0 Å². The molecule has 0 radical (unpaired) electrons. The monoisotopic (exact) mass is 245 g/mol. The first kappa shape index (κ1) is 14.6. The van der Waals surface area contributed by atoms with Crippen LogP contribution < -0.4 is 0 Å². The molecule has 0 N–H and O–H groups in total. The van der Waals surface area contributed by atoms with Crippen molar-refractivity contribution in [3.63, 3.8) is 0 Å². The van der Waals surface area contributed by atoms with Crippen LogP contribution in [0, 0.1) is 0 Å². The fraction of sp³-hybridized carbons (Fsp3) is 0.600. The third-order valence-electron chi connectivity index (χ3n) is 3.04. The third-order valence-corrected chi connectivity index (χ3v) is 3.04. The van der Waals surface area contributed by atoms with E-state index in [2.05, 4.69) is 69.8 Å². The molecule has 0 bridgehead atoms. The Hall–Kier alpha value is -1.47. The van der Waals surface area contributed by atoms with Crippen LogP contribution in [0.25, 0.3) is 10.4 Å². The highest BCUT2D eigenvalue weighted by atomic mass is 15.1. The molecule has 1 aromatic carbocycles. The Bertz CT molecular complexity index is 437. The van der Waals surface area contributed by atoms with E-state index in [0.29, 0.717) is 6.54 Å². The number of nitrogens with zero attached hydrogens (tertiary/aromatic N) is 3. The van der Waals surface area contributed by atoms with E-state index in [1.807, 2.05) is 0 Å². The summed E-state index contributed by atoms with van der Waals surface area (Å²) < 4.78 is 0. The van der Waals surface area contributed by atoms with E-state index in [1.165, 1.54) is 11.1 Å². The normalized spacial score (nSPS) is 12.1. The second-order valence-electron chi connectivity index (χ2n) is 6.81. The van der Waals surface area contributed by atoms with Crippen LogP contribution in [0.5, 0.6) is 0 Å². The van der Waals surface area contributed by atoms with E-state index in [-0.39, 0.29) is 10.8 Å². The summed E-state index contributed by atoms with van der Waals surface area (Å²) in [4.78, 5) is 2.84. The first-order chi connectivity index (χ1) is 8.14. The minimum Gasteiger partial charge on any atom is -0.0893 e. The first-order valence-electron chi connectivity index (χ1n) is 6.30. The highest BCUT2D eigenvalue weighted by Crippen LogP contribution is 2.30. The summed E-state index contributed by atoms with van der Waals surface area (Å²) in [6.45, 7) is 13.6. The van der Waals surface area contributed by atoms with Crippen LogP contribution >= 0.6 is 0 Å². The van der Waals surface area contributed by atoms with Gasteiger partial charge in [-0.15, -0.1) is 0 Å². The Labute approximate surface area is 110 Å². The molecule has 0 aliphatic rings. The lowest BCUT2D eigenvalue weighted by Gasteiger charge is -2.26. The van der Waals surface area contributed by atoms with Gasteiger partial charge in [0.05, 0.1) is 6.54 Å². The van der Waals surface area contributed by atoms with Crippen molar-refractivity contribution in [1.29, 1.82) is 0 Å². The Kier molecular flexibility index (Phi) is 4.08. The molecule has 0 spiro atoms. The van der Waals surface area contributed by atoms with Gasteiger partial charge in [0.2, 0.25) is 0 Å². The Morgan fingerprint density at radius 2 is 1.39 bits per heavy atom. The van der Waals surface area contributed by atoms with Gasteiger partial charge in [0, 0.05) is 4.91 Å². The number of azide groups is 1. The van der Waals surface area contributed by atoms with Crippen LogP contribution in [0.2, 0.25) is 0 Å². The van der Waals surface area contributed by atoms with Gasteiger partial charge in [0.15, 0.2) is 0 Å². The number of hydrogen-bond acceptors (Lipinski definition) is 1. The van der Waals surface area contributed by atoms with Crippen LogP contribution in [0.3, 0.4) is 0 Å². The number of hydrogen-bond donors (Lipinski definition) is 0. The lowest BCUT2D eigenvalue weighted by Crippen LogP contribution is -2.17. The summed E-state index contributed by atoms with van der Waals surface area (Å²) in [5, 5.41) is 3.67. The molecule has 0 saturated carbocycles. The minimum atomic E-state index is 0.104. The summed E-state index contributed by atoms with van der Waals surface area (Å²) in [5.74, 6) is 0. The number of benzene rings is 1. The van der Waals surface area contributed by atoms with Gasteiger partial charge >= 0.3 is 0 Å². The van der Waals surface area contributed by atoms with Crippen molar-refractivity contribution in [2.45, 2.75) is 58.9 Å². The van der Waals surface area contributed by atoms with E-state index in [4.69, 9.17) is 5.53 Å². The fourth-order valence-electron chi connectivity index (χ4n) is 1.76. The van der Waals surface area contributed by atoms with Gasteiger partial charge in [0.25, 0.3) is 0 Å². The zero-order valence-corrected chi connectivity index (χ0v) is 12.3. The van der Waals surface area contributed by atoms with E-state index in [1.54, 1.807) is 0 Å². The molecule has 0 amide bonds. The van der Waals surface area contributed by atoms with Gasteiger partial charge in [-0.3, -0.25) is 0 Å². The lowest BCUT2D eigenvalue weighted by molar-refractivity contribution is 0.567. The molecule has 0 aliphatic heterocycles. The highest BCUT2D eigenvalue weighted by Gasteiger charge is 2.20. The quantitative estimate of drug-likeness (QED) is 0.396. The zero-order valence-electron chi connectivity index (χ0n) is 12.3. The molecule has 1 rings (SSSR count). The van der Waals surface area contributed by atoms with Gasteiger partial charge in [-0.1, -0.05) is 64.9 Å². The molecule has 3 heteroatoms. The third kappa shape index (κ3) is 3.78. The van der Waals surface area contributed by atoms with Crippen molar-refractivity contribution < 1.29 is 0 Å². The van der Waals surface area contributed by atoms with E-state index in [9.17, 15) is 0 Å². The standard InChI is InChI=1S/C15H23N3/c1-14(2,3)12-7-11(10-17-18-16)8-13(9-12)15(4,5)6/h7-9H,10H2,1-6H3. The Morgan fingerprint density at radius 3 is 1.72 bits per heavy atom. The van der Waals surface area contributed by atoms with Crippen molar-refractivity contribution in [1.82, 2.24) is 0 Å². The summed E-state index contributed by atoms with van der Waals surface area (Å²) in [7, 11) is 0. The Morgan fingerprint density at radius 1 is 0.944 bits per heavy atom. The van der Waals surface area contributed by atoms with E-state index < -0.39 is 0 Å². The second-order valence-corrected chi connectivity index (χ2v) is 6.81. The molecule has 1 aromatic rings. The Balaban J connectivity index is 3.33. The molecule has 0 fully saturated rings. The van der Waals surface area contributed by atoms with Gasteiger partial charge in [0.1, 0.15) is 0 Å². The maximum atomic E-state index is 8.44. The topological polar surface area (TPSA) is 48.8 Å². The molecule has 3 nitrogen and oxygen atoms in total. The molecule has 0 heterocycles. The first-order valence-corrected chi connectivity index (χ1v) is 6.30. The van der Waals surface area contributed by atoms with Crippen molar-refractivity contribution >= 4 is 0 Å². The minimum absolute atomic E-state index is 0.104. The van der Waals surface area contributed by atoms with Crippen LogP contribution in [-0.2, 0) is 17.4 Å². The van der Waals surface area contributed by atoms with Crippen molar-refractivity contribution in [3.8, 4) is 0 Å². The smallest absolute Gasteiger partial charge is 0.0511 e. The van der Waals surface area contributed by atoms with Crippen LogP contribution in [-0.4, -0.2) is 0 Å². The average Bonchev–Trinajstić information content (AvgIpc) is 2.23. The van der Waals surface area contributed by atoms with Gasteiger partial charge in [-0.25, -0.2) is 0 Å². The zero-order chi connectivity index (χ0) is 14.0. The van der Waals surface area contributed by atoms with Crippen LogP contribution in [0.4, 0.5) is 0 Å². The maximum absolute atomic E-state index is 8.44. The molecule has 0 saturated heterocycles. The number of rotatable bonds is 2. The van der Waals surface area contributed by atoms with Crippen LogP contribution in [0.1, 0.15) is 58.2 Å². The van der Waals surface area contributed by atoms with Gasteiger partial charge in [-0.05, 0) is 33.1 Å². The summed E-state index contributed by atoms with van der Waals surface area (Å²) in [6.07, 6.45) is 0. The summed E-state index contributed by atoms with van der Waals surface area (Å²) >= 11 is 0. The highest BCUT2D eigenvalue weighted by molar-refractivity contribution is 5.37. The van der Waals surface area contributed by atoms with Crippen molar-refractivity contribution in [3.05, 3.63) is 45.3 Å². The average molecular weight is 245 g/mol. The predicted molar refractivity (Wildman–Crippen MR) is 76.7 cm³/mol. The summed E-state index contributed by atoms with van der Waals surface area (Å²) in [5.41, 5.74) is 12.3. The van der Waals surface area contributed by atoms with Crippen LogP contribution in [0.15, 0.2) is 23.3 Å². The molecule has 0 atom stereocenters. The van der Waals surface area contributed by atoms with E-state index in [0.717, 1.165) is 5.56 Å². The predicted octanol–water partition coefficient (Wildman–Crippen LogP) is 5.09. The largest absolute Gasteiger partial charge is 0.0893 e. The summed E-state index contributed by atoms with van der Waals surface area (Å²) in [6, 6.07) is 6.55. The fourth-order valence-corrected chi connectivity index (χ4v) is 1.76. The lowest BCUT2D eigenvalue weighted by atomic mass is 9.79. The molecule has 0 aromatic heterocycles. The van der Waals surface area contributed by atoms with Crippen molar-refractivity contribution in [2.24, 2.45) is 5.11 Å². The molecule has 0 aliphatic carbocycles. The molecular weight excluding hydrogens is 222 g/mol. The van der Waals surface area contributed by atoms with Gasteiger partial charge < -0.3 is 0 Å². The second kappa shape index (κ2) is 5.03. The molecular formula is C15H23N3. The molecule has 98 valence electrons. The molecule has 18 heavy (non-hydrogen) atoms. The maximum Gasteiger partial charge on any atom is 0.0511 e. The molecule has 0 unspecified atom stereocenters. The van der Waals surface area contributed by atoms with Crippen molar-refractivity contribution in [2.75, 3.05) is 0 Å².